The first-order valence-corrected chi connectivity index (χ1v) is 8.61. The topological polar surface area (TPSA) is 97.1 Å². The van der Waals surface area contributed by atoms with Crippen molar-refractivity contribution in [2.45, 2.75) is 12.8 Å². The number of fused-ring (bicyclic) bond motifs is 1. The standard InChI is InChI=1S/C18H22N6O/c19-16(17-23-13-3-1-2-4-15(13)25-17)14-7-10-21-18(24-14)22-11-12-5-8-20-9-6-12/h1-4,7,10,12,20,23H,5-6,8-9,11,19H2,(H,21,22,24)/b17-16+. The zero-order chi connectivity index (χ0) is 17.1. The van der Waals surface area contributed by atoms with Gasteiger partial charge in [-0.2, -0.15) is 0 Å². The van der Waals surface area contributed by atoms with Gasteiger partial charge in [-0.05, 0) is 50.0 Å². The van der Waals surface area contributed by atoms with Gasteiger partial charge in [0.05, 0.1) is 11.4 Å². The molecular formula is C18H22N6O. The van der Waals surface area contributed by atoms with Crippen molar-refractivity contribution in [2.24, 2.45) is 11.7 Å². The van der Waals surface area contributed by atoms with Crippen LogP contribution in [0.3, 0.4) is 0 Å². The Bertz CT molecular complexity index is 758. The molecule has 1 aromatic heterocycles. The Morgan fingerprint density at radius 3 is 2.92 bits per heavy atom. The van der Waals surface area contributed by atoms with Gasteiger partial charge in [0.15, 0.2) is 5.75 Å². The van der Waals surface area contributed by atoms with E-state index in [0.29, 0.717) is 29.1 Å². The van der Waals surface area contributed by atoms with Gasteiger partial charge in [-0.1, -0.05) is 12.1 Å². The lowest BCUT2D eigenvalue weighted by Crippen LogP contribution is -2.31. The van der Waals surface area contributed by atoms with Crippen LogP contribution in [0, 0.1) is 5.92 Å². The molecule has 1 saturated heterocycles. The third-order valence-electron chi connectivity index (χ3n) is 4.53. The number of hydrogen-bond acceptors (Lipinski definition) is 7. The van der Waals surface area contributed by atoms with Crippen LogP contribution in [0.2, 0.25) is 0 Å². The molecule has 0 amide bonds. The lowest BCUT2D eigenvalue weighted by atomic mass is 9.98. The molecule has 0 saturated carbocycles. The molecule has 130 valence electrons. The van der Waals surface area contributed by atoms with Gasteiger partial charge in [0.2, 0.25) is 11.8 Å². The van der Waals surface area contributed by atoms with E-state index in [0.717, 1.165) is 31.1 Å². The van der Waals surface area contributed by atoms with Gasteiger partial charge in [-0.3, -0.25) is 0 Å². The van der Waals surface area contributed by atoms with Crippen molar-refractivity contribution >= 4 is 17.3 Å². The van der Waals surface area contributed by atoms with E-state index >= 15 is 0 Å². The largest absolute Gasteiger partial charge is 0.437 e. The highest BCUT2D eigenvalue weighted by atomic mass is 16.5. The third kappa shape index (κ3) is 3.51. The number of piperidine rings is 1. The van der Waals surface area contributed by atoms with Crippen molar-refractivity contribution < 1.29 is 4.74 Å². The molecule has 25 heavy (non-hydrogen) atoms. The fourth-order valence-electron chi connectivity index (χ4n) is 3.07. The molecule has 2 aliphatic rings. The average molecular weight is 338 g/mol. The number of anilines is 2. The summed E-state index contributed by atoms with van der Waals surface area (Å²) in [4.78, 5) is 8.82. The summed E-state index contributed by atoms with van der Waals surface area (Å²) in [5.74, 6) is 2.51. The van der Waals surface area contributed by atoms with Crippen molar-refractivity contribution in [1.82, 2.24) is 15.3 Å². The Balaban J connectivity index is 1.47. The van der Waals surface area contributed by atoms with Crippen molar-refractivity contribution in [1.29, 1.82) is 0 Å². The van der Waals surface area contributed by atoms with E-state index in [-0.39, 0.29) is 0 Å². The summed E-state index contributed by atoms with van der Waals surface area (Å²) >= 11 is 0. The van der Waals surface area contributed by atoms with E-state index in [4.69, 9.17) is 10.5 Å². The molecule has 7 nitrogen and oxygen atoms in total. The first-order chi connectivity index (χ1) is 12.3. The summed E-state index contributed by atoms with van der Waals surface area (Å²) in [6, 6.07) is 9.50. The fraction of sp³-hybridized carbons (Fsp3) is 0.333. The summed E-state index contributed by atoms with van der Waals surface area (Å²) in [7, 11) is 0. The minimum atomic E-state index is 0.462. The Kier molecular flexibility index (Phi) is 4.39. The maximum Gasteiger partial charge on any atom is 0.223 e. The van der Waals surface area contributed by atoms with Gasteiger partial charge in [-0.25, -0.2) is 9.97 Å². The zero-order valence-corrected chi connectivity index (χ0v) is 14.0. The van der Waals surface area contributed by atoms with E-state index < -0.39 is 0 Å². The highest BCUT2D eigenvalue weighted by Crippen LogP contribution is 2.34. The molecule has 4 rings (SSSR count). The highest BCUT2D eigenvalue weighted by Gasteiger charge is 2.20. The zero-order valence-electron chi connectivity index (χ0n) is 14.0. The number of nitrogens with two attached hydrogens (primary N) is 1. The van der Waals surface area contributed by atoms with Crippen LogP contribution in [-0.4, -0.2) is 29.6 Å². The number of nitrogens with zero attached hydrogens (tertiary/aromatic N) is 2. The van der Waals surface area contributed by atoms with Gasteiger partial charge in [-0.15, -0.1) is 0 Å². The average Bonchev–Trinajstić information content (AvgIpc) is 3.11. The van der Waals surface area contributed by atoms with Crippen LogP contribution in [0.5, 0.6) is 5.75 Å². The van der Waals surface area contributed by atoms with Gasteiger partial charge >= 0.3 is 0 Å². The second-order valence-corrected chi connectivity index (χ2v) is 6.31. The Morgan fingerprint density at radius 1 is 1.24 bits per heavy atom. The van der Waals surface area contributed by atoms with Crippen LogP contribution < -0.4 is 26.4 Å². The molecule has 2 aliphatic heterocycles. The number of aromatic nitrogens is 2. The molecule has 1 aromatic carbocycles. The highest BCUT2D eigenvalue weighted by molar-refractivity contribution is 5.73. The number of benzene rings is 1. The van der Waals surface area contributed by atoms with Crippen LogP contribution in [0.25, 0.3) is 5.70 Å². The second kappa shape index (κ2) is 6.98. The van der Waals surface area contributed by atoms with Gasteiger partial charge < -0.3 is 26.4 Å². The molecule has 7 heteroatoms. The predicted octanol–water partition coefficient (Wildman–Crippen LogP) is 1.98. The van der Waals surface area contributed by atoms with E-state index in [1.165, 1.54) is 12.8 Å². The van der Waals surface area contributed by atoms with Crippen molar-refractivity contribution in [2.75, 3.05) is 30.3 Å². The normalized spacial score (nSPS) is 18.9. The molecule has 0 radical (unpaired) electrons. The molecule has 0 atom stereocenters. The van der Waals surface area contributed by atoms with Crippen molar-refractivity contribution in [3.63, 3.8) is 0 Å². The monoisotopic (exact) mass is 338 g/mol. The fourth-order valence-corrected chi connectivity index (χ4v) is 3.07. The quantitative estimate of drug-likeness (QED) is 0.677. The van der Waals surface area contributed by atoms with Crippen LogP contribution in [0.15, 0.2) is 42.4 Å². The number of para-hydroxylation sites is 2. The Hall–Kier alpha value is -2.80. The number of hydrogen-bond donors (Lipinski definition) is 4. The SMILES string of the molecule is N/C(=C1\Nc2ccccc2O1)c1ccnc(NCC2CCNCC2)n1. The first kappa shape index (κ1) is 15.7. The lowest BCUT2D eigenvalue weighted by Gasteiger charge is -2.22. The smallest absolute Gasteiger partial charge is 0.223 e. The molecule has 1 fully saturated rings. The minimum absolute atomic E-state index is 0.462. The van der Waals surface area contributed by atoms with Crippen molar-refractivity contribution in [3.8, 4) is 5.75 Å². The first-order valence-electron chi connectivity index (χ1n) is 8.61. The lowest BCUT2D eigenvalue weighted by molar-refractivity contribution is 0.389. The van der Waals surface area contributed by atoms with Crippen LogP contribution in [-0.2, 0) is 0 Å². The van der Waals surface area contributed by atoms with Gasteiger partial charge in [0.25, 0.3) is 0 Å². The molecule has 0 bridgehead atoms. The summed E-state index contributed by atoms with van der Waals surface area (Å²) in [5.41, 5.74) is 8.25. The van der Waals surface area contributed by atoms with E-state index in [2.05, 4.69) is 25.9 Å². The molecule has 3 heterocycles. The third-order valence-corrected chi connectivity index (χ3v) is 4.53. The van der Waals surface area contributed by atoms with Crippen molar-refractivity contribution in [3.05, 3.63) is 48.1 Å². The van der Waals surface area contributed by atoms with Crippen LogP contribution in [0.1, 0.15) is 18.5 Å². The molecule has 0 aliphatic carbocycles. The van der Waals surface area contributed by atoms with Crippen LogP contribution in [0.4, 0.5) is 11.6 Å². The molecule has 2 aromatic rings. The number of nitrogens with one attached hydrogen (secondary N) is 3. The summed E-state index contributed by atoms with van der Waals surface area (Å²) in [5, 5.41) is 9.88. The summed E-state index contributed by atoms with van der Waals surface area (Å²) in [6.07, 6.45) is 4.06. The molecule has 0 unspecified atom stereocenters. The van der Waals surface area contributed by atoms with Crippen LogP contribution >= 0.6 is 0 Å². The maximum atomic E-state index is 6.25. The number of rotatable bonds is 4. The molecule has 0 spiro atoms. The Morgan fingerprint density at radius 2 is 2.08 bits per heavy atom. The molecular weight excluding hydrogens is 316 g/mol. The predicted molar refractivity (Wildman–Crippen MR) is 97.9 cm³/mol. The van der Waals surface area contributed by atoms with E-state index in [1.54, 1.807) is 12.3 Å². The molecule has 5 N–H and O–H groups in total. The Labute approximate surface area is 146 Å². The van der Waals surface area contributed by atoms with E-state index in [9.17, 15) is 0 Å². The summed E-state index contributed by atoms with van der Waals surface area (Å²) in [6.45, 7) is 3.04. The maximum absolute atomic E-state index is 6.25. The summed E-state index contributed by atoms with van der Waals surface area (Å²) < 4.78 is 5.77. The minimum Gasteiger partial charge on any atom is -0.437 e. The van der Waals surface area contributed by atoms with Gasteiger partial charge in [0.1, 0.15) is 5.70 Å². The second-order valence-electron chi connectivity index (χ2n) is 6.31. The van der Waals surface area contributed by atoms with E-state index in [1.807, 2.05) is 24.3 Å². The van der Waals surface area contributed by atoms with Gasteiger partial charge in [0, 0.05) is 12.7 Å². The number of ether oxygens (including phenoxy) is 1.